The lowest BCUT2D eigenvalue weighted by Crippen LogP contribution is -1.93. The van der Waals surface area contributed by atoms with E-state index in [0.717, 1.165) is 12.1 Å². The van der Waals surface area contributed by atoms with Gasteiger partial charge in [0.2, 0.25) is 0 Å². The molecule has 0 atom stereocenters. The Morgan fingerprint density at radius 3 is 3.08 bits per heavy atom. The molecule has 2 aromatic heterocycles. The summed E-state index contributed by atoms with van der Waals surface area (Å²) in [6.45, 7) is 0.945. The Bertz CT molecular complexity index is 367. The predicted molar refractivity (Wildman–Crippen MR) is 51.6 cm³/mol. The highest BCUT2D eigenvalue weighted by atomic mass is 32.1. The van der Waals surface area contributed by atoms with Crippen molar-refractivity contribution in [1.82, 2.24) is 9.55 Å². The third-order valence-corrected chi connectivity index (χ3v) is 2.58. The lowest BCUT2D eigenvalue weighted by atomic mass is 10.4. The lowest BCUT2D eigenvalue weighted by Gasteiger charge is -1.97. The highest BCUT2D eigenvalue weighted by molar-refractivity contribution is 7.09. The average molecular weight is 194 g/mol. The summed E-state index contributed by atoms with van der Waals surface area (Å²) in [5, 5.41) is 8.85. The molecule has 0 aliphatic rings. The van der Waals surface area contributed by atoms with Gasteiger partial charge in [0.15, 0.2) is 0 Å². The van der Waals surface area contributed by atoms with E-state index >= 15 is 0 Å². The first kappa shape index (κ1) is 8.47. The fraction of sp³-hybridized carbons (Fsp3) is 0.222. The fourth-order valence-corrected chi connectivity index (χ4v) is 1.78. The molecule has 0 fully saturated rings. The summed E-state index contributed by atoms with van der Waals surface area (Å²) in [6, 6.07) is 1.92. The molecule has 0 aliphatic heterocycles. The first-order chi connectivity index (χ1) is 6.38. The molecule has 0 radical (unpaired) electrons. The Labute approximate surface area is 80.3 Å². The number of aliphatic hydroxyl groups excluding tert-OH is 1. The highest BCUT2D eigenvalue weighted by Gasteiger charge is 1.97. The van der Waals surface area contributed by atoms with Crippen molar-refractivity contribution >= 4 is 11.3 Å². The first-order valence-corrected chi connectivity index (χ1v) is 4.89. The van der Waals surface area contributed by atoms with Crippen LogP contribution in [0.2, 0.25) is 0 Å². The van der Waals surface area contributed by atoms with Crippen molar-refractivity contribution in [3.63, 3.8) is 0 Å². The molecule has 3 nitrogen and oxygen atoms in total. The summed E-state index contributed by atoms with van der Waals surface area (Å²) in [5.41, 5.74) is 2.77. The smallest absolute Gasteiger partial charge is 0.0794 e. The summed E-state index contributed by atoms with van der Waals surface area (Å²) in [5.74, 6) is 0. The molecule has 68 valence electrons. The maximum Gasteiger partial charge on any atom is 0.0794 e. The second-order valence-electron chi connectivity index (χ2n) is 2.82. The Kier molecular flexibility index (Phi) is 2.42. The monoisotopic (exact) mass is 194 g/mol. The zero-order valence-electron chi connectivity index (χ0n) is 7.05. The standard InChI is InChI=1S/C9H10N2OS/c12-6-8-1-2-11(4-8)5-9-3-10-7-13-9/h1-4,7,12H,5-6H2. The van der Waals surface area contributed by atoms with Gasteiger partial charge in [0.1, 0.15) is 0 Å². The molecule has 0 bridgehead atoms. The normalized spacial score (nSPS) is 10.5. The van der Waals surface area contributed by atoms with Gasteiger partial charge in [-0.25, -0.2) is 0 Å². The summed E-state index contributed by atoms with van der Waals surface area (Å²) >= 11 is 1.64. The van der Waals surface area contributed by atoms with Crippen LogP contribution in [0.1, 0.15) is 10.4 Å². The Hall–Kier alpha value is -1.13. The third-order valence-electron chi connectivity index (χ3n) is 1.82. The molecule has 13 heavy (non-hydrogen) atoms. The van der Waals surface area contributed by atoms with Gasteiger partial charge in [-0.05, 0) is 11.6 Å². The van der Waals surface area contributed by atoms with Gasteiger partial charge in [-0.3, -0.25) is 4.98 Å². The predicted octanol–water partition coefficient (Wildman–Crippen LogP) is 1.49. The molecule has 4 heteroatoms. The second kappa shape index (κ2) is 3.72. The van der Waals surface area contributed by atoms with Crippen LogP contribution in [0.3, 0.4) is 0 Å². The molecule has 0 aromatic carbocycles. The van der Waals surface area contributed by atoms with Crippen LogP contribution in [0.4, 0.5) is 0 Å². The molecule has 2 heterocycles. The number of aliphatic hydroxyl groups is 1. The topological polar surface area (TPSA) is 38.0 Å². The van der Waals surface area contributed by atoms with E-state index < -0.39 is 0 Å². The Balaban J connectivity index is 2.10. The van der Waals surface area contributed by atoms with E-state index in [2.05, 4.69) is 4.98 Å². The van der Waals surface area contributed by atoms with Gasteiger partial charge in [0.25, 0.3) is 0 Å². The van der Waals surface area contributed by atoms with Gasteiger partial charge in [0, 0.05) is 23.5 Å². The van der Waals surface area contributed by atoms with Crippen LogP contribution in [-0.2, 0) is 13.2 Å². The van der Waals surface area contributed by atoms with Crippen LogP contribution in [0.15, 0.2) is 30.2 Å². The van der Waals surface area contributed by atoms with Crippen molar-refractivity contribution < 1.29 is 5.11 Å². The number of hydrogen-bond acceptors (Lipinski definition) is 3. The number of rotatable bonds is 3. The summed E-state index contributed by atoms with van der Waals surface area (Å²) in [6.07, 6.45) is 5.77. The fourth-order valence-electron chi connectivity index (χ4n) is 1.18. The average Bonchev–Trinajstić information content (AvgIpc) is 2.76. The van der Waals surface area contributed by atoms with Gasteiger partial charge in [-0.15, -0.1) is 11.3 Å². The summed E-state index contributed by atoms with van der Waals surface area (Å²) in [4.78, 5) is 5.22. The molecular weight excluding hydrogens is 184 g/mol. The van der Waals surface area contributed by atoms with Crippen LogP contribution in [0.5, 0.6) is 0 Å². The molecule has 0 spiro atoms. The lowest BCUT2D eigenvalue weighted by molar-refractivity contribution is 0.282. The van der Waals surface area contributed by atoms with Crippen LogP contribution >= 0.6 is 11.3 Å². The van der Waals surface area contributed by atoms with E-state index in [9.17, 15) is 0 Å². The van der Waals surface area contributed by atoms with Crippen molar-refractivity contribution in [3.8, 4) is 0 Å². The second-order valence-corrected chi connectivity index (χ2v) is 3.79. The molecule has 2 rings (SSSR count). The molecule has 1 N–H and O–H groups in total. The minimum absolute atomic E-state index is 0.107. The molecular formula is C9H10N2OS. The number of nitrogens with zero attached hydrogens (tertiary/aromatic N) is 2. The van der Waals surface area contributed by atoms with Crippen LogP contribution in [-0.4, -0.2) is 14.7 Å². The maximum absolute atomic E-state index is 8.85. The molecule has 0 saturated carbocycles. The Morgan fingerprint density at radius 1 is 1.54 bits per heavy atom. The molecule has 0 unspecified atom stereocenters. The number of thiazole rings is 1. The number of aromatic nitrogens is 2. The van der Waals surface area contributed by atoms with Gasteiger partial charge in [-0.1, -0.05) is 0 Å². The van der Waals surface area contributed by atoms with Gasteiger partial charge >= 0.3 is 0 Å². The third kappa shape index (κ3) is 1.96. The minimum atomic E-state index is 0.107. The van der Waals surface area contributed by atoms with Crippen molar-refractivity contribution in [1.29, 1.82) is 0 Å². The van der Waals surface area contributed by atoms with Crippen molar-refractivity contribution in [3.05, 3.63) is 40.6 Å². The van der Waals surface area contributed by atoms with Crippen LogP contribution in [0.25, 0.3) is 0 Å². The largest absolute Gasteiger partial charge is 0.392 e. The van der Waals surface area contributed by atoms with Crippen molar-refractivity contribution in [2.45, 2.75) is 13.2 Å². The van der Waals surface area contributed by atoms with E-state index in [1.54, 1.807) is 11.3 Å². The van der Waals surface area contributed by atoms with E-state index in [1.165, 1.54) is 4.88 Å². The minimum Gasteiger partial charge on any atom is -0.392 e. The Morgan fingerprint density at radius 2 is 2.46 bits per heavy atom. The zero-order valence-corrected chi connectivity index (χ0v) is 7.87. The summed E-state index contributed by atoms with van der Waals surface area (Å²) in [7, 11) is 0. The number of hydrogen-bond donors (Lipinski definition) is 1. The van der Waals surface area contributed by atoms with Gasteiger partial charge in [0.05, 0.1) is 18.7 Å². The highest BCUT2D eigenvalue weighted by Crippen LogP contribution is 2.09. The van der Waals surface area contributed by atoms with E-state index in [1.807, 2.05) is 34.7 Å². The quantitative estimate of drug-likeness (QED) is 0.803. The van der Waals surface area contributed by atoms with E-state index in [-0.39, 0.29) is 6.61 Å². The molecule has 0 amide bonds. The van der Waals surface area contributed by atoms with E-state index in [0.29, 0.717) is 0 Å². The molecule has 2 aromatic rings. The van der Waals surface area contributed by atoms with Crippen LogP contribution < -0.4 is 0 Å². The SMILES string of the molecule is OCc1ccn(Cc2cncs2)c1. The maximum atomic E-state index is 8.85. The molecule has 0 saturated heterocycles. The molecule has 0 aliphatic carbocycles. The van der Waals surface area contributed by atoms with E-state index in [4.69, 9.17) is 5.11 Å². The van der Waals surface area contributed by atoms with Gasteiger partial charge < -0.3 is 9.67 Å². The van der Waals surface area contributed by atoms with Crippen molar-refractivity contribution in [2.75, 3.05) is 0 Å². The van der Waals surface area contributed by atoms with Crippen LogP contribution in [0, 0.1) is 0 Å². The summed E-state index contributed by atoms with van der Waals surface area (Å²) < 4.78 is 2.04. The first-order valence-electron chi connectivity index (χ1n) is 4.01. The van der Waals surface area contributed by atoms with Gasteiger partial charge in [-0.2, -0.15) is 0 Å². The zero-order chi connectivity index (χ0) is 9.10. The van der Waals surface area contributed by atoms with Crippen molar-refractivity contribution in [2.24, 2.45) is 0 Å².